The number of phosphoric acid groups is 1. The smallest absolute Gasteiger partial charge is 0.275 e. The molecule has 0 aromatic heterocycles. The summed E-state index contributed by atoms with van der Waals surface area (Å²) in [5.74, 6) is -0.341. The summed E-state index contributed by atoms with van der Waals surface area (Å²) in [6.45, 7) is 39.5. The molecule has 0 saturated carbocycles. The van der Waals surface area contributed by atoms with Gasteiger partial charge in [-0.25, -0.2) is 4.57 Å². The fraction of sp³-hybridized carbons (Fsp3) is 0.714. The van der Waals surface area contributed by atoms with Crippen molar-refractivity contribution < 1.29 is 18.1 Å². The van der Waals surface area contributed by atoms with Crippen molar-refractivity contribution in [3.63, 3.8) is 0 Å². The molecule has 0 fully saturated rings. The zero-order valence-corrected chi connectivity index (χ0v) is 34.1. The van der Waals surface area contributed by atoms with E-state index in [-0.39, 0.29) is 34.0 Å². The van der Waals surface area contributed by atoms with Crippen LogP contribution < -0.4 is 0 Å². The number of hydrogen-bond donors (Lipinski definition) is 0. The molecular weight excluding hydrogens is 599 g/mol. The molecule has 3 aliphatic rings. The van der Waals surface area contributed by atoms with E-state index in [0.29, 0.717) is 0 Å². The highest BCUT2D eigenvalue weighted by Gasteiger charge is 2.64. The SMILES string of the molecule is CC(C)(C)C1C=CC=CC1(OP(=O)(OC1(C(C)(C)C)C=CC=CC1C(C)(C)C)OC1(C(C)(C)C)C=CC=CC1C(C)(C)C)C(C)(C)C. The van der Waals surface area contributed by atoms with Crippen LogP contribution in [0.25, 0.3) is 0 Å². The van der Waals surface area contributed by atoms with E-state index in [1.807, 2.05) is 18.2 Å². The van der Waals surface area contributed by atoms with Gasteiger partial charge in [0.2, 0.25) is 0 Å². The zero-order valence-electron chi connectivity index (χ0n) is 33.2. The Balaban J connectivity index is 2.47. The van der Waals surface area contributed by atoms with Crippen LogP contribution in [0.5, 0.6) is 0 Å². The molecule has 6 unspecified atom stereocenters. The van der Waals surface area contributed by atoms with Gasteiger partial charge in [0.05, 0.1) is 0 Å². The van der Waals surface area contributed by atoms with Crippen molar-refractivity contribution in [2.75, 3.05) is 0 Å². The quantitative estimate of drug-likeness (QED) is 0.264. The minimum Gasteiger partial charge on any atom is -0.275 e. The van der Waals surface area contributed by atoms with Crippen LogP contribution in [0, 0.1) is 50.2 Å². The summed E-state index contributed by atoms with van der Waals surface area (Å²) >= 11 is 0. The molecule has 0 bridgehead atoms. The summed E-state index contributed by atoms with van der Waals surface area (Å²) in [5.41, 5.74) is -5.11. The summed E-state index contributed by atoms with van der Waals surface area (Å²) < 4.78 is 38.7. The lowest BCUT2D eigenvalue weighted by atomic mass is 9.60. The van der Waals surface area contributed by atoms with Crippen LogP contribution in [0.4, 0.5) is 0 Å². The predicted octanol–water partition coefficient (Wildman–Crippen LogP) is 12.9. The highest BCUT2D eigenvalue weighted by molar-refractivity contribution is 7.48. The average molecular weight is 669 g/mol. The predicted molar refractivity (Wildman–Crippen MR) is 201 cm³/mol. The van der Waals surface area contributed by atoms with Gasteiger partial charge >= 0.3 is 7.82 Å². The van der Waals surface area contributed by atoms with Gasteiger partial charge in [-0.2, -0.15) is 0 Å². The molecule has 266 valence electrons. The van der Waals surface area contributed by atoms with Crippen molar-refractivity contribution in [3.8, 4) is 0 Å². The lowest BCUT2D eigenvalue weighted by Crippen LogP contribution is -2.58. The largest absolute Gasteiger partial charge is 0.477 e. The number of allylic oxidation sites excluding steroid dienone is 6. The van der Waals surface area contributed by atoms with Crippen LogP contribution in [0.15, 0.2) is 72.9 Å². The van der Waals surface area contributed by atoms with E-state index in [0.717, 1.165) is 0 Å². The first-order chi connectivity index (χ1) is 20.9. The Bertz CT molecular complexity index is 1200. The van der Waals surface area contributed by atoms with Crippen molar-refractivity contribution in [2.45, 2.75) is 141 Å². The molecule has 0 aromatic carbocycles. The average Bonchev–Trinajstić information content (AvgIpc) is 2.85. The Morgan fingerprint density at radius 1 is 0.404 bits per heavy atom. The third-order valence-corrected chi connectivity index (χ3v) is 12.3. The summed E-state index contributed by atoms with van der Waals surface area (Å²) in [4.78, 5) is 0. The van der Waals surface area contributed by atoms with Crippen molar-refractivity contribution in [3.05, 3.63) is 72.9 Å². The topological polar surface area (TPSA) is 44.8 Å². The summed E-state index contributed by atoms with van der Waals surface area (Å²) in [6.07, 6.45) is 25.2. The molecule has 6 atom stereocenters. The Morgan fingerprint density at radius 3 is 0.787 bits per heavy atom. The van der Waals surface area contributed by atoms with E-state index in [2.05, 4.69) is 179 Å². The van der Waals surface area contributed by atoms with Crippen molar-refractivity contribution in [1.29, 1.82) is 0 Å². The van der Waals surface area contributed by atoms with Gasteiger partial charge in [-0.15, -0.1) is 0 Å². The van der Waals surface area contributed by atoms with Crippen LogP contribution in [0.3, 0.4) is 0 Å². The van der Waals surface area contributed by atoms with Gasteiger partial charge in [0.25, 0.3) is 0 Å². The van der Waals surface area contributed by atoms with Gasteiger partial charge < -0.3 is 0 Å². The lowest BCUT2D eigenvalue weighted by molar-refractivity contribution is -0.151. The first-order valence-corrected chi connectivity index (χ1v) is 19.2. The minimum atomic E-state index is -4.49. The molecule has 3 rings (SSSR count). The Labute approximate surface area is 289 Å². The van der Waals surface area contributed by atoms with E-state index >= 15 is 4.57 Å². The van der Waals surface area contributed by atoms with E-state index in [1.165, 1.54) is 0 Å². The molecule has 4 nitrogen and oxygen atoms in total. The fourth-order valence-electron chi connectivity index (χ4n) is 8.09. The van der Waals surface area contributed by atoms with Crippen molar-refractivity contribution in [1.82, 2.24) is 0 Å². The van der Waals surface area contributed by atoms with Gasteiger partial charge in [-0.1, -0.05) is 198 Å². The molecule has 0 heterocycles. The van der Waals surface area contributed by atoms with E-state index < -0.39 is 40.9 Å². The van der Waals surface area contributed by atoms with Gasteiger partial charge in [-0.3, -0.25) is 13.6 Å². The number of rotatable bonds is 6. The second kappa shape index (κ2) is 12.4. The molecule has 3 aliphatic carbocycles. The van der Waals surface area contributed by atoms with E-state index in [1.54, 1.807) is 0 Å². The van der Waals surface area contributed by atoms with Crippen LogP contribution in [-0.2, 0) is 18.1 Å². The molecule has 0 saturated heterocycles. The zero-order chi connectivity index (χ0) is 36.3. The molecule has 0 aliphatic heterocycles. The Hall–Kier alpha value is -1.45. The third kappa shape index (κ3) is 7.52. The summed E-state index contributed by atoms with van der Waals surface area (Å²) in [6, 6.07) is 0. The van der Waals surface area contributed by atoms with Crippen LogP contribution >= 0.6 is 7.82 Å². The fourth-order valence-corrected chi connectivity index (χ4v) is 10.7. The molecule has 47 heavy (non-hydrogen) atoms. The molecule has 0 aromatic rings. The standard InChI is InChI=1S/C42H69O4P/c1-34(2,3)31-25-19-22-28-40(31,37(10,11)12)44-47(43,45-41(38(13,14)15)29-23-20-26-32(41)35(4,5)6)46-42(39(16,17)18)30-24-21-27-33(42)36(7,8)9/h19-33H,1-18H3. The molecule has 0 amide bonds. The third-order valence-electron chi connectivity index (χ3n) is 10.8. The van der Waals surface area contributed by atoms with Crippen molar-refractivity contribution >= 4 is 7.82 Å². The minimum absolute atomic E-state index is 0.114. The highest BCUT2D eigenvalue weighted by Crippen LogP contribution is 2.70. The van der Waals surface area contributed by atoms with Crippen LogP contribution in [0.1, 0.15) is 125 Å². The Morgan fingerprint density at radius 2 is 0.617 bits per heavy atom. The first-order valence-electron chi connectivity index (χ1n) is 17.7. The summed E-state index contributed by atoms with van der Waals surface area (Å²) in [7, 11) is -4.49. The van der Waals surface area contributed by atoms with Crippen molar-refractivity contribution in [2.24, 2.45) is 50.2 Å². The van der Waals surface area contributed by atoms with E-state index in [4.69, 9.17) is 13.6 Å². The molecular formula is C42H69O4P. The normalized spacial score (nSPS) is 33.4. The van der Waals surface area contributed by atoms with Crippen LogP contribution in [0.2, 0.25) is 0 Å². The maximum atomic E-state index is 16.6. The Kier molecular flexibility index (Phi) is 10.5. The molecule has 0 spiro atoms. The number of phosphoric ester groups is 1. The molecule has 0 N–H and O–H groups in total. The molecule has 0 radical (unpaired) electrons. The maximum Gasteiger partial charge on any atom is 0.477 e. The molecule has 5 heteroatoms. The lowest BCUT2D eigenvalue weighted by Gasteiger charge is -2.58. The van der Waals surface area contributed by atoms with Gasteiger partial charge in [0, 0.05) is 17.8 Å². The number of hydrogen-bond acceptors (Lipinski definition) is 4. The van der Waals surface area contributed by atoms with Gasteiger partial charge in [-0.05, 0) is 32.5 Å². The van der Waals surface area contributed by atoms with E-state index in [9.17, 15) is 0 Å². The monoisotopic (exact) mass is 668 g/mol. The van der Waals surface area contributed by atoms with Gasteiger partial charge in [0.15, 0.2) is 0 Å². The van der Waals surface area contributed by atoms with Crippen LogP contribution in [-0.4, -0.2) is 16.8 Å². The highest BCUT2D eigenvalue weighted by atomic mass is 31.2. The second-order valence-corrected chi connectivity index (χ2v) is 22.1. The maximum absolute atomic E-state index is 16.6. The van der Waals surface area contributed by atoms with Gasteiger partial charge in [0.1, 0.15) is 16.8 Å². The second-order valence-electron chi connectivity index (χ2n) is 20.6. The summed E-state index contributed by atoms with van der Waals surface area (Å²) in [5, 5.41) is 0. The first kappa shape index (κ1) is 40.0.